The van der Waals surface area contributed by atoms with Crippen molar-refractivity contribution < 1.29 is 17.9 Å². The van der Waals surface area contributed by atoms with Gasteiger partial charge < -0.3 is 10.5 Å². The van der Waals surface area contributed by atoms with Crippen molar-refractivity contribution in [3.05, 3.63) is 28.5 Å². The molecule has 0 saturated heterocycles. The van der Waals surface area contributed by atoms with Crippen LogP contribution in [0, 0.1) is 0 Å². The molecule has 0 amide bonds. The van der Waals surface area contributed by atoms with Gasteiger partial charge >= 0.3 is 6.18 Å². The third kappa shape index (κ3) is 3.10. The Labute approximate surface area is 112 Å². The highest BCUT2D eigenvalue weighted by atomic mass is 79.9. The van der Waals surface area contributed by atoms with Crippen LogP contribution in [0.15, 0.2) is 22.7 Å². The van der Waals surface area contributed by atoms with Gasteiger partial charge in [0, 0.05) is 27.8 Å². The van der Waals surface area contributed by atoms with Crippen LogP contribution in [0.4, 0.5) is 18.9 Å². The molecule has 1 heterocycles. The van der Waals surface area contributed by atoms with Crippen molar-refractivity contribution in [2.24, 2.45) is 0 Å². The van der Waals surface area contributed by atoms with Gasteiger partial charge in [-0.05, 0) is 12.1 Å². The first-order valence-corrected chi connectivity index (χ1v) is 6.06. The molecule has 9 heteroatoms. The molecule has 1 aromatic carbocycles. The number of alkyl halides is 3. The maximum Gasteiger partial charge on any atom is 0.452 e. The number of hydrogen-bond donors (Lipinski definition) is 1. The third-order valence-corrected chi connectivity index (χ3v) is 2.81. The SMILES string of the molecule is Nc1cc(Br)cc(Oc2nc(C(F)(F)F)ns2)c1. The van der Waals surface area contributed by atoms with Gasteiger partial charge in [0.05, 0.1) is 0 Å². The third-order valence-electron chi connectivity index (χ3n) is 1.76. The van der Waals surface area contributed by atoms with E-state index < -0.39 is 12.0 Å². The number of nitrogen functional groups attached to an aromatic ring is 1. The number of nitrogens with two attached hydrogens (primary N) is 1. The van der Waals surface area contributed by atoms with E-state index in [0.29, 0.717) is 21.7 Å². The van der Waals surface area contributed by atoms with Crippen molar-refractivity contribution in [2.45, 2.75) is 6.18 Å². The molecule has 0 atom stereocenters. The predicted octanol–water partition coefficient (Wildman–Crippen LogP) is 3.69. The molecule has 0 unspecified atom stereocenters. The highest BCUT2D eigenvalue weighted by Crippen LogP contribution is 2.32. The van der Waals surface area contributed by atoms with E-state index in [9.17, 15) is 13.2 Å². The summed E-state index contributed by atoms with van der Waals surface area (Å²) >= 11 is 3.71. The maximum atomic E-state index is 12.3. The number of benzene rings is 1. The minimum atomic E-state index is -4.57. The molecule has 0 radical (unpaired) electrons. The van der Waals surface area contributed by atoms with Crippen LogP contribution in [0.5, 0.6) is 10.9 Å². The van der Waals surface area contributed by atoms with Gasteiger partial charge in [-0.25, -0.2) is 0 Å². The van der Waals surface area contributed by atoms with E-state index in [1.165, 1.54) is 6.07 Å². The van der Waals surface area contributed by atoms with Crippen LogP contribution >= 0.6 is 27.5 Å². The van der Waals surface area contributed by atoms with Crippen molar-refractivity contribution in [1.29, 1.82) is 0 Å². The summed E-state index contributed by atoms with van der Waals surface area (Å²) < 4.78 is 45.8. The molecule has 18 heavy (non-hydrogen) atoms. The van der Waals surface area contributed by atoms with Crippen LogP contribution in [-0.4, -0.2) is 9.36 Å². The summed E-state index contributed by atoms with van der Waals surface area (Å²) in [5.41, 5.74) is 5.98. The molecule has 0 saturated carbocycles. The molecule has 2 aromatic rings. The summed E-state index contributed by atoms with van der Waals surface area (Å²) in [6, 6.07) is 4.67. The van der Waals surface area contributed by atoms with Gasteiger partial charge in [0.15, 0.2) is 0 Å². The number of anilines is 1. The Kier molecular flexibility index (Phi) is 3.44. The van der Waals surface area contributed by atoms with E-state index in [2.05, 4.69) is 25.3 Å². The van der Waals surface area contributed by atoms with Crippen molar-refractivity contribution in [3.63, 3.8) is 0 Å². The van der Waals surface area contributed by atoms with Crippen molar-refractivity contribution in [1.82, 2.24) is 9.36 Å². The largest absolute Gasteiger partial charge is 0.452 e. The number of rotatable bonds is 2. The summed E-state index contributed by atoms with van der Waals surface area (Å²) in [6.45, 7) is 0. The second-order valence-electron chi connectivity index (χ2n) is 3.20. The zero-order chi connectivity index (χ0) is 13.3. The lowest BCUT2D eigenvalue weighted by molar-refractivity contribution is -0.144. The Morgan fingerprint density at radius 3 is 2.56 bits per heavy atom. The predicted molar refractivity (Wildman–Crippen MR) is 63.5 cm³/mol. The molecule has 0 aliphatic carbocycles. The van der Waals surface area contributed by atoms with Crippen molar-refractivity contribution in [3.8, 4) is 10.9 Å². The minimum Gasteiger partial charge on any atom is -0.430 e. The molecule has 0 fully saturated rings. The van der Waals surface area contributed by atoms with Gasteiger partial charge in [0.2, 0.25) is 0 Å². The summed E-state index contributed by atoms with van der Waals surface area (Å²) in [6.07, 6.45) is -4.57. The standard InChI is InChI=1S/C9H5BrF3N3OS/c10-4-1-5(14)3-6(2-4)17-8-15-7(16-18-8)9(11,12)13/h1-3H,14H2. The maximum absolute atomic E-state index is 12.3. The molecule has 0 aliphatic rings. The van der Waals surface area contributed by atoms with E-state index in [0.717, 1.165) is 0 Å². The van der Waals surface area contributed by atoms with E-state index in [1.54, 1.807) is 12.1 Å². The van der Waals surface area contributed by atoms with Gasteiger partial charge in [-0.2, -0.15) is 22.5 Å². The summed E-state index contributed by atoms with van der Waals surface area (Å²) in [4.78, 5) is 3.24. The molecule has 4 nitrogen and oxygen atoms in total. The number of ether oxygens (including phenoxy) is 1. The quantitative estimate of drug-likeness (QED) is 0.847. The summed E-state index contributed by atoms with van der Waals surface area (Å²) in [5, 5.41) is -0.195. The Morgan fingerprint density at radius 2 is 2.00 bits per heavy atom. The van der Waals surface area contributed by atoms with Crippen molar-refractivity contribution >= 4 is 33.1 Å². The normalized spacial score (nSPS) is 11.6. The Bertz CT molecular complexity index is 552. The molecule has 96 valence electrons. The van der Waals surface area contributed by atoms with Gasteiger partial charge in [-0.15, -0.1) is 0 Å². The monoisotopic (exact) mass is 339 g/mol. The second-order valence-corrected chi connectivity index (χ2v) is 4.83. The molecule has 1 aromatic heterocycles. The smallest absolute Gasteiger partial charge is 0.430 e. The van der Waals surface area contributed by atoms with E-state index >= 15 is 0 Å². The van der Waals surface area contributed by atoms with E-state index in [1.807, 2.05) is 0 Å². The number of halogens is 4. The topological polar surface area (TPSA) is 61.0 Å². The van der Waals surface area contributed by atoms with Gasteiger partial charge in [-0.3, -0.25) is 0 Å². The fourth-order valence-electron chi connectivity index (χ4n) is 1.11. The number of nitrogens with zero attached hydrogens (tertiary/aromatic N) is 2. The van der Waals surface area contributed by atoms with E-state index in [4.69, 9.17) is 10.5 Å². The number of hydrogen-bond acceptors (Lipinski definition) is 5. The Morgan fingerprint density at radius 1 is 1.28 bits per heavy atom. The molecule has 2 N–H and O–H groups in total. The first-order chi connectivity index (χ1) is 8.34. The minimum absolute atomic E-state index is 0.195. The molecule has 0 bridgehead atoms. The van der Waals surface area contributed by atoms with Crippen LogP contribution in [0.1, 0.15) is 5.82 Å². The zero-order valence-corrected chi connectivity index (χ0v) is 10.9. The lowest BCUT2D eigenvalue weighted by atomic mass is 10.3. The Hall–Kier alpha value is -1.35. The summed E-state index contributed by atoms with van der Waals surface area (Å²) in [5.74, 6) is -0.933. The lowest BCUT2D eigenvalue weighted by Crippen LogP contribution is -2.06. The zero-order valence-electron chi connectivity index (χ0n) is 8.53. The van der Waals surface area contributed by atoms with Crippen LogP contribution in [0.3, 0.4) is 0 Å². The fourth-order valence-corrected chi connectivity index (χ4v) is 2.17. The van der Waals surface area contributed by atoms with Crippen molar-refractivity contribution in [2.75, 3.05) is 5.73 Å². The highest BCUT2D eigenvalue weighted by Gasteiger charge is 2.36. The van der Waals surface area contributed by atoms with Crippen LogP contribution in [-0.2, 0) is 6.18 Å². The van der Waals surface area contributed by atoms with Crippen LogP contribution < -0.4 is 10.5 Å². The number of aromatic nitrogens is 2. The highest BCUT2D eigenvalue weighted by molar-refractivity contribution is 9.10. The van der Waals surface area contributed by atoms with Gasteiger partial charge in [0.25, 0.3) is 11.0 Å². The first-order valence-electron chi connectivity index (χ1n) is 4.49. The van der Waals surface area contributed by atoms with E-state index in [-0.39, 0.29) is 10.9 Å². The molecule has 2 rings (SSSR count). The van der Waals surface area contributed by atoms with Gasteiger partial charge in [0.1, 0.15) is 5.75 Å². The first kappa shape index (κ1) is 13.1. The van der Waals surface area contributed by atoms with Gasteiger partial charge in [-0.1, -0.05) is 15.9 Å². The second kappa shape index (κ2) is 4.73. The molecular formula is C9H5BrF3N3OS. The lowest BCUT2D eigenvalue weighted by Gasteiger charge is -2.03. The molecular weight excluding hydrogens is 335 g/mol. The molecule has 0 spiro atoms. The Balaban J connectivity index is 2.21. The van der Waals surface area contributed by atoms with Crippen LogP contribution in [0.2, 0.25) is 0 Å². The molecule has 0 aliphatic heterocycles. The average molecular weight is 340 g/mol. The van der Waals surface area contributed by atoms with Crippen LogP contribution in [0.25, 0.3) is 0 Å². The summed E-state index contributed by atoms with van der Waals surface area (Å²) in [7, 11) is 0. The average Bonchev–Trinajstić information content (AvgIpc) is 2.63. The fraction of sp³-hybridized carbons (Fsp3) is 0.111.